The molecular formula is C26H31F2N7O3S. The highest BCUT2D eigenvalue weighted by Crippen LogP contribution is 2.40. The fourth-order valence-corrected chi connectivity index (χ4v) is 7.57. The first kappa shape index (κ1) is 26.1. The zero-order chi connectivity index (χ0) is 27.2. The van der Waals surface area contributed by atoms with Crippen molar-refractivity contribution in [1.29, 1.82) is 0 Å². The van der Waals surface area contributed by atoms with Gasteiger partial charge in [-0.25, -0.2) is 13.4 Å². The summed E-state index contributed by atoms with van der Waals surface area (Å²) in [6.07, 6.45) is 7.97. The number of likely N-dealkylation sites (tertiary alicyclic amines) is 1. The maximum Gasteiger partial charge on any atom is 0.388 e. The first-order valence-corrected chi connectivity index (χ1v) is 14.7. The quantitative estimate of drug-likeness (QED) is 0.447. The minimum Gasteiger partial charge on any atom is -0.417 e. The van der Waals surface area contributed by atoms with Crippen LogP contribution in [0.15, 0.2) is 35.6 Å². The van der Waals surface area contributed by atoms with E-state index in [9.17, 15) is 17.2 Å². The molecule has 2 aromatic heterocycles. The summed E-state index contributed by atoms with van der Waals surface area (Å²) in [4.78, 5) is 9.10. The number of alkyl halides is 2. The van der Waals surface area contributed by atoms with E-state index in [0.717, 1.165) is 68.3 Å². The number of H-pyrrole nitrogens is 1. The van der Waals surface area contributed by atoms with Crippen LogP contribution in [0.25, 0.3) is 11.1 Å². The predicted molar refractivity (Wildman–Crippen MR) is 141 cm³/mol. The van der Waals surface area contributed by atoms with Gasteiger partial charge in [0.15, 0.2) is 0 Å². The number of halogens is 2. The molecule has 1 aliphatic carbocycles. The Morgan fingerprint density at radius 1 is 1.08 bits per heavy atom. The Kier molecular flexibility index (Phi) is 6.76. The molecule has 2 aliphatic heterocycles. The Bertz CT molecular complexity index is 1470. The van der Waals surface area contributed by atoms with Crippen molar-refractivity contribution in [3.8, 4) is 17.0 Å². The first-order valence-electron chi connectivity index (χ1n) is 13.2. The van der Waals surface area contributed by atoms with E-state index in [1.165, 1.54) is 22.1 Å². The highest BCUT2D eigenvalue weighted by Gasteiger charge is 2.44. The van der Waals surface area contributed by atoms with E-state index in [-0.39, 0.29) is 22.5 Å². The molecule has 10 nitrogen and oxygen atoms in total. The highest BCUT2D eigenvalue weighted by molar-refractivity contribution is 7.88. The Hall–Kier alpha value is -3.16. The van der Waals surface area contributed by atoms with Gasteiger partial charge in [-0.05, 0) is 81.3 Å². The number of ether oxygens (including phenoxy) is 1. The van der Waals surface area contributed by atoms with Gasteiger partial charge in [0.05, 0.1) is 5.69 Å². The molecule has 0 unspecified atom stereocenters. The molecule has 3 aliphatic rings. The van der Waals surface area contributed by atoms with Crippen LogP contribution in [-0.2, 0) is 22.9 Å². The lowest BCUT2D eigenvalue weighted by Crippen LogP contribution is -2.52. The van der Waals surface area contributed by atoms with Crippen LogP contribution in [0.2, 0.25) is 0 Å². The molecule has 39 heavy (non-hydrogen) atoms. The van der Waals surface area contributed by atoms with E-state index >= 15 is 0 Å². The van der Waals surface area contributed by atoms with Gasteiger partial charge in [-0.1, -0.05) is 12.1 Å². The van der Waals surface area contributed by atoms with Gasteiger partial charge in [-0.15, -0.1) is 10.2 Å². The van der Waals surface area contributed by atoms with Crippen molar-refractivity contribution in [1.82, 2.24) is 29.4 Å². The monoisotopic (exact) mass is 559 g/mol. The first-order chi connectivity index (χ1) is 18.7. The van der Waals surface area contributed by atoms with Gasteiger partial charge in [0.1, 0.15) is 0 Å². The average Bonchev–Trinajstić information content (AvgIpc) is 3.66. The van der Waals surface area contributed by atoms with Gasteiger partial charge >= 0.3 is 6.61 Å². The molecule has 2 fully saturated rings. The number of hydrogen-bond acceptors (Lipinski definition) is 8. The van der Waals surface area contributed by atoms with E-state index in [1.54, 1.807) is 6.07 Å². The molecule has 13 heteroatoms. The number of rotatable bonds is 7. The number of piperidine rings is 1. The van der Waals surface area contributed by atoms with Crippen LogP contribution < -0.4 is 10.1 Å². The topological polar surface area (TPSA) is 116 Å². The van der Waals surface area contributed by atoms with Gasteiger partial charge in [0, 0.05) is 36.5 Å². The Morgan fingerprint density at radius 3 is 2.64 bits per heavy atom. The lowest BCUT2D eigenvalue weighted by molar-refractivity contribution is -0.0528. The molecule has 4 heterocycles. The van der Waals surface area contributed by atoms with Crippen molar-refractivity contribution in [2.24, 2.45) is 0 Å². The van der Waals surface area contributed by atoms with Crippen molar-refractivity contribution in [3.05, 3.63) is 41.6 Å². The van der Waals surface area contributed by atoms with Gasteiger partial charge in [-0.3, -0.25) is 4.98 Å². The summed E-state index contributed by atoms with van der Waals surface area (Å²) in [6.45, 7) is -1.05. The van der Waals surface area contributed by atoms with Crippen molar-refractivity contribution < 1.29 is 21.9 Å². The van der Waals surface area contributed by atoms with Gasteiger partial charge < -0.3 is 15.0 Å². The molecule has 0 bridgehead atoms. The zero-order valence-electron chi connectivity index (χ0n) is 21.7. The third kappa shape index (κ3) is 4.87. The van der Waals surface area contributed by atoms with Gasteiger partial charge in [0.25, 0.3) is 15.2 Å². The summed E-state index contributed by atoms with van der Waals surface area (Å²) in [5, 5.41) is 11.1. The number of aromatic amines is 1. The predicted octanol–water partition coefficient (Wildman–Crippen LogP) is 3.95. The van der Waals surface area contributed by atoms with Crippen LogP contribution in [-0.4, -0.2) is 76.6 Å². The molecule has 0 atom stereocenters. The van der Waals surface area contributed by atoms with Crippen LogP contribution in [0.3, 0.4) is 0 Å². The number of benzene rings is 1. The van der Waals surface area contributed by atoms with Crippen molar-refractivity contribution >= 4 is 21.7 Å². The lowest BCUT2D eigenvalue weighted by Gasteiger charge is -2.42. The summed E-state index contributed by atoms with van der Waals surface area (Å²) >= 11 is 0. The Balaban J connectivity index is 1.26. The molecular weight excluding hydrogens is 528 g/mol. The molecule has 1 spiro atoms. The van der Waals surface area contributed by atoms with E-state index in [2.05, 4.69) is 42.2 Å². The number of aryl methyl sites for hydroxylation is 1. The number of sulfonamides is 1. The number of anilines is 2. The molecule has 3 aromatic rings. The van der Waals surface area contributed by atoms with Crippen LogP contribution in [0, 0.1) is 0 Å². The molecule has 2 saturated heterocycles. The average molecular weight is 560 g/mol. The van der Waals surface area contributed by atoms with E-state index in [0.29, 0.717) is 18.7 Å². The summed E-state index contributed by atoms with van der Waals surface area (Å²) < 4.78 is 58.4. The van der Waals surface area contributed by atoms with Crippen LogP contribution >= 0.6 is 0 Å². The molecule has 0 saturated carbocycles. The van der Waals surface area contributed by atoms with E-state index in [4.69, 9.17) is 0 Å². The van der Waals surface area contributed by atoms with Crippen molar-refractivity contribution in [2.45, 2.75) is 62.3 Å². The van der Waals surface area contributed by atoms with Crippen LogP contribution in [0.4, 0.5) is 20.4 Å². The molecule has 208 valence electrons. The second-order valence-electron chi connectivity index (χ2n) is 10.5. The second kappa shape index (κ2) is 10.1. The number of aromatic nitrogens is 4. The van der Waals surface area contributed by atoms with E-state index < -0.39 is 16.6 Å². The minimum absolute atomic E-state index is 0.0947. The number of hydrogen-bond donors (Lipinski definition) is 2. The van der Waals surface area contributed by atoms with Crippen LogP contribution in [0.1, 0.15) is 43.2 Å². The number of fused-ring (bicyclic) bond motifs is 1. The van der Waals surface area contributed by atoms with Gasteiger partial charge in [0.2, 0.25) is 11.8 Å². The molecule has 2 N–H and O–H groups in total. The fraction of sp³-hybridized carbons (Fsp3) is 0.500. The Labute approximate surface area is 225 Å². The summed E-state index contributed by atoms with van der Waals surface area (Å²) in [5.41, 5.74) is 4.43. The second-order valence-corrected chi connectivity index (χ2v) is 12.4. The maximum atomic E-state index is 13.4. The molecule has 6 rings (SSSR count). The summed E-state index contributed by atoms with van der Waals surface area (Å²) in [6, 6.07) is 7.10. The number of pyridine rings is 1. The highest BCUT2D eigenvalue weighted by atomic mass is 32.2. The lowest BCUT2D eigenvalue weighted by atomic mass is 9.86. The molecule has 0 radical (unpaired) electrons. The normalized spacial score (nSPS) is 19.6. The van der Waals surface area contributed by atoms with Crippen molar-refractivity contribution in [3.63, 3.8) is 0 Å². The Morgan fingerprint density at radius 2 is 1.90 bits per heavy atom. The fourth-order valence-electron chi connectivity index (χ4n) is 6.29. The standard InChI is InChI=1S/C26H31F2N7O3S/c1-34-13-3-9-26(34)10-14-35(15-11-26)39(36,37)25-31-24(32-33-25)30-22-19-5-2-4-17(19)6-7-20(22)18-8-12-29-21(16-18)38-23(27)28/h6-8,12,16,23H,2-5,9-11,13-15H2,1H3,(H2,30,31,32,33). The summed E-state index contributed by atoms with van der Waals surface area (Å²) in [7, 11) is -1.71. The molecule has 1 aromatic carbocycles. The summed E-state index contributed by atoms with van der Waals surface area (Å²) in [5.74, 6) is 0.00587. The molecule has 0 amide bonds. The van der Waals surface area contributed by atoms with E-state index in [1.807, 2.05) is 12.1 Å². The maximum absolute atomic E-state index is 13.4. The largest absolute Gasteiger partial charge is 0.417 e. The third-order valence-corrected chi connectivity index (χ3v) is 10.1. The smallest absolute Gasteiger partial charge is 0.388 e. The third-order valence-electron chi connectivity index (χ3n) is 8.43. The zero-order valence-corrected chi connectivity index (χ0v) is 22.5. The number of nitrogens with zero attached hydrogens (tertiary/aromatic N) is 5. The number of nitrogens with one attached hydrogen (secondary N) is 2. The van der Waals surface area contributed by atoms with Crippen LogP contribution in [0.5, 0.6) is 5.88 Å². The SMILES string of the molecule is CN1CCCC12CCN(S(=O)(=O)c1nnc(Nc3c(-c4ccnc(OC(F)F)c4)ccc4c3CCC4)[nH]1)CC2. The van der Waals surface area contributed by atoms with Gasteiger partial charge in [-0.2, -0.15) is 13.1 Å². The minimum atomic E-state index is -3.84. The van der Waals surface area contributed by atoms with Crippen molar-refractivity contribution in [2.75, 3.05) is 32.0 Å².